The van der Waals surface area contributed by atoms with Crippen LogP contribution < -0.4 is 5.73 Å². The fourth-order valence-corrected chi connectivity index (χ4v) is 1.15. The van der Waals surface area contributed by atoms with Crippen LogP contribution in [0.5, 0.6) is 0 Å². The van der Waals surface area contributed by atoms with E-state index < -0.39 is 0 Å². The molecular formula is C9H11NO. The number of benzene rings is 1. The van der Waals surface area contributed by atoms with E-state index >= 15 is 0 Å². The van der Waals surface area contributed by atoms with Gasteiger partial charge in [0.15, 0.2) is 0 Å². The van der Waals surface area contributed by atoms with Crippen molar-refractivity contribution < 1.29 is 4.74 Å². The molecule has 0 aliphatic carbocycles. The Labute approximate surface area is 66.0 Å². The second-order valence-corrected chi connectivity index (χ2v) is 2.81. The highest BCUT2D eigenvalue weighted by molar-refractivity contribution is 5.20. The number of hydrogen-bond donors (Lipinski definition) is 1. The molecule has 2 atom stereocenters. The third-order valence-electron chi connectivity index (χ3n) is 1.94. The molecule has 1 fully saturated rings. The van der Waals surface area contributed by atoms with Gasteiger partial charge in [-0.1, -0.05) is 30.3 Å². The van der Waals surface area contributed by atoms with Crippen LogP contribution in [0, 0.1) is 0 Å². The number of rotatable bonds is 2. The highest BCUT2D eigenvalue weighted by Crippen LogP contribution is 2.24. The summed E-state index contributed by atoms with van der Waals surface area (Å²) in [6.45, 7) is 0.816. The molecule has 0 spiro atoms. The molecule has 2 rings (SSSR count). The Balaban J connectivity index is 2.15. The van der Waals surface area contributed by atoms with Crippen molar-refractivity contribution >= 4 is 0 Å². The maximum atomic E-state index is 5.88. The number of epoxide rings is 1. The first-order valence-corrected chi connectivity index (χ1v) is 3.80. The van der Waals surface area contributed by atoms with Crippen LogP contribution in [0.15, 0.2) is 30.3 Å². The lowest BCUT2D eigenvalue weighted by atomic mass is 10.1. The maximum absolute atomic E-state index is 5.88. The molecule has 1 heterocycles. The quantitative estimate of drug-likeness (QED) is 0.639. The van der Waals surface area contributed by atoms with Crippen LogP contribution in [0.1, 0.15) is 11.6 Å². The van der Waals surface area contributed by atoms with E-state index in [1.165, 1.54) is 0 Å². The van der Waals surface area contributed by atoms with Gasteiger partial charge in [-0.15, -0.1) is 0 Å². The zero-order chi connectivity index (χ0) is 7.68. The Morgan fingerprint density at radius 2 is 2.00 bits per heavy atom. The molecule has 1 aliphatic rings. The Morgan fingerprint density at radius 1 is 1.36 bits per heavy atom. The molecule has 0 bridgehead atoms. The SMILES string of the molecule is NC(c1ccccc1)[C@@H]1CO1. The molecule has 1 aliphatic heterocycles. The van der Waals surface area contributed by atoms with E-state index in [2.05, 4.69) is 0 Å². The minimum absolute atomic E-state index is 0.0659. The lowest BCUT2D eigenvalue weighted by molar-refractivity contribution is 0.376. The molecule has 2 heteroatoms. The lowest BCUT2D eigenvalue weighted by Gasteiger charge is -2.06. The van der Waals surface area contributed by atoms with Crippen molar-refractivity contribution in [3.05, 3.63) is 35.9 Å². The Kier molecular flexibility index (Phi) is 1.64. The van der Waals surface area contributed by atoms with Crippen molar-refractivity contribution in [3.8, 4) is 0 Å². The summed E-state index contributed by atoms with van der Waals surface area (Å²) in [4.78, 5) is 0. The Hall–Kier alpha value is -0.860. The van der Waals surface area contributed by atoms with E-state index in [-0.39, 0.29) is 12.1 Å². The average Bonchev–Trinajstić information content (AvgIpc) is 2.87. The van der Waals surface area contributed by atoms with Crippen molar-refractivity contribution in [1.29, 1.82) is 0 Å². The van der Waals surface area contributed by atoms with Crippen molar-refractivity contribution in [3.63, 3.8) is 0 Å². The second-order valence-electron chi connectivity index (χ2n) is 2.81. The van der Waals surface area contributed by atoms with Crippen LogP contribution in [0.3, 0.4) is 0 Å². The first-order valence-electron chi connectivity index (χ1n) is 3.80. The zero-order valence-electron chi connectivity index (χ0n) is 6.23. The summed E-state index contributed by atoms with van der Waals surface area (Å²) >= 11 is 0. The zero-order valence-corrected chi connectivity index (χ0v) is 6.23. The topological polar surface area (TPSA) is 38.5 Å². The minimum Gasteiger partial charge on any atom is -0.371 e. The largest absolute Gasteiger partial charge is 0.371 e. The first kappa shape index (κ1) is 6.83. The molecule has 0 amide bonds. The van der Waals surface area contributed by atoms with Crippen molar-refractivity contribution in [2.75, 3.05) is 6.61 Å². The predicted octanol–water partition coefficient (Wildman–Crippen LogP) is 1.09. The predicted molar refractivity (Wildman–Crippen MR) is 43.1 cm³/mol. The molecule has 1 aromatic rings. The molecule has 0 saturated carbocycles. The van der Waals surface area contributed by atoms with Crippen LogP contribution >= 0.6 is 0 Å². The monoisotopic (exact) mass is 149 g/mol. The van der Waals surface area contributed by atoms with Gasteiger partial charge in [-0.05, 0) is 5.56 Å². The van der Waals surface area contributed by atoms with Gasteiger partial charge in [0.05, 0.1) is 12.6 Å². The molecule has 58 valence electrons. The standard InChI is InChI=1S/C9H11NO/c10-9(8-6-11-8)7-4-2-1-3-5-7/h1-5,8-9H,6,10H2/t8-,9?/m0/s1. The average molecular weight is 149 g/mol. The summed E-state index contributed by atoms with van der Waals surface area (Å²) in [5, 5.41) is 0. The van der Waals surface area contributed by atoms with Gasteiger partial charge in [0.2, 0.25) is 0 Å². The van der Waals surface area contributed by atoms with Crippen LogP contribution in [0.4, 0.5) is 0 Å². The van der Waals surface area contributed by atoms with Gasteiger partial charge in [0.1, 0.15) is 6.10 Å². The van der Waals surface area contributed by atoms with Crippen LogP contribution in [0.2, 0.25) is 0 Å². The summed E-state index contributed by atoms with van der Waals surface area (Å²) in [5.41, 5.74) is 7.04. The Morgan fingerprint density at radius 3 is 2.55 bits per heavy atom. The summed E-state index contributed by atoms with van der Waals surface area (Å²) in [6, 6.07) is 10.1. The molecular weight excluding hydrogens is 138 g/mol. The number of nitrogens with two attached hydrogens (primary N) is 1. The second kappa shape index (κ2) is 2.64. The van der Waals surface area contributed by atoms with Gasteiger partial charge in [0, 0.05) is 0 Å². The minimum atomic E-state index is 0.0659. The van der Waals surface area contributed by atoms with E-state index in [0.717, 1.165) is 12.2 Å². The molecule has 0 aromatic heterocycles. The van der Waals surface area contributed by atoms with Crippen molar-refractivity contribution in [2.45, 2.75) is 12.1 Å². The lowest BCUT2D eigenvalue weighted by Crippen LogP contribution is -2.16. The molecule has 0 radical (unpaired) electrons. The normalized spacial score (nSPS) is 24.6. The Bertz CT molecular complexity index is 231. The van der Waals surface area contributed by atoms with Gasteiger partial charge in [0.25, 0.3) is 0 Å². The molecule has 2 nitrogen and oxygen atoms in total. The fourth-order valence-electron chi connectivity index (χ4n) is 1.15. The van der Waals surface area contributed by atoms with Crippen LogP contribution in [-0.4, -0.2) is 12.7 Å². The highest BCUT2D eigenvalue weighted by atomic mass is 16.6. The fraction of sp³-hybridized carbons (Fsp3) is 0.333. The van der Waals surface area contributed by atoms with E-state index in [1.54, 1.807) is 0 Å². The van der Waals surface area contributed by atoms with Gasteiger partial charge < -0.3 is 10.5 Å². The summed E-state index contributed by atoms with van der Waals surface area (Å²) in [5.74, 6) is 0. The summed E-state index contributed by atoms with van der Waals surface area (Å²) < 4.78 is 5.10. The van der Waals surface area contributed by atoms with Crippen molar-refractivity contribution in [1.82, 2.24) is 0 Å². The van der Waals surface area contributed by atoms with Crippen LogP contribution in [-0.2, 0) is 4.74 Å². The molecule has 11 heavy (non-hydrogen) atoms. The third-order valence-corrected chi connectivity index (χ3v) is 1.94. The maximum Gasteiger partial charge on any atom is 0.100 e. The molecule has 1 aromatic carbocycles. The highest BCUT2D eigenvalue weighted by Gasteiger charge is 2.30. The first-order chi connectivity index (χ1) is 5.38. The van der Waals surface area contributed by atoms with Crippen molar-refractivity contribution in [2.24, 2.45) is 5.73 Å². The summed E-state index contributed by atoms with van der Waals surface area (Å²) in [6.07, 6.45) is 0.261. The number of ether oxygens (including phenoxy) is 1. The van der Waals surface area contributed by atoms with Gasteiger partial charge in [-0.3, -0.25) is 0 Å². The third kappa shape index (κ3) is 1.42. The van der Waals surface area contributed by atoms with E-state index in [1.807, 2.05) is 30.3 Å². The van der Waals surface area contributed by atoms with Gasteiger partial charge in [-0.2, -0.15) is 0 Å². The van der Waals surface area contributed by atoms with E-state index in [4.69, 9.17) is 10.5 Å². The molecule has 1 unspecified atom stereocenters. The van der Waals surface area contributed by atoms with Gasteiger partial charge in [-0.25, -0.2) is 0 Å². The van der Waals surface area contributed by atoms with Gasteiger partial charge >= 0.3 is 0 Å². The summed E-state index contributed by atoms with van der Waals surface area (Å²) in [7, 11) is 0. The van der Waals surface area contributed by atoms with E-state index in [9.17, 15) is 0 Å². The molecule has 2 N–H and O–H groups in total. The molecule has 1 saturated heterocycles. The number of hydrogen-bond acceptors (Lipinski definition) is 2. The van der Waals surface area contributed by atoms with E-state index in [0.29, 0.717) is 0 Å². The smallest absolute Gasteiger partial charge is 0.100 e. The van der Waals surface area contributed by atoms with Crippen LogP contribution in [0.25, 0.3) is 0 Å².